The number of hydrogen-bond acceptors (Lipinski definition) is 4. The minimum absolute atomic E-state index is 0.0926. The van der Waals surface area contributed by atoms with Crippen molar-refractivity contribution in [2.45, 2.75) is 63.7 Å². The standard InChI is InChI=1S/C24H31N3O3S2/c1-17-8-14-22(18(2)16-17)27-32(29,30)21-12-10-20(11-13-21)25-24(31)26-23(28)15-9-19-6-4-3-5-7-19/h8,10-14,16,19,27H,3-7,9,15H2,1-2H3,(H2,25,26,28,31). The topological polar surface area (TPSA) is 87.3 Å². The third-order valence-electron chi connectivity index (χ3n) is 5.81. The number of hydrogen-bond donors (Lipinski definition) is 3. The van der Waals surface area contributed by atoms with Gasteiger partial charge in [0, 0.05) is 12.1 Å². The van der Waals surface area contributed by atoms with Crippen LogP contribution >= 0.6 is 12.2 Å². The maximum atomic E-state index is 12.7. The molecule has 1 saturated carbocycles. The Hall–Kier alpha value is -2.45. The zero-order chi connectivity index (χ0) is 23.1. The molecule has 0 radical (unpaired) electrons. The van der Waals surface area contributed by atoms with Crippen molar-refractivity contribution in [2.75, 3.05) is 10.0 Å². The lowest BCUT2D eigenvalue weighted by atomic mass is 9.86. The van der Waals surface area contributed by atoms with Crippen molar-refractivity contribution in [1.82, 2.24) is 5.32 Å². The van der Waals surface area contributed by atoms with E-state index in [1.807, 2.05) is 26.0 Å². The molecule has 0 spiro atoms. The first kappa shape index (κ1) is 24.2. The molecule has 172 valence electrons. The van der Waals surface area contributed by atoms with Crippen LogP contribution in [0.2, 0.25) is 0 Å². The first-order chi connectivity index (χ1) is 15.2. The Labute approximate surface area is 196 Å². The maximum absolute atomic E-state index is 12.7. The Kier molecular flexibility index (Phi) is 8.26. The minimum atomic E-state index is -3.71. The van der Waals surface area contributed by atoms with E-state index in [1.165, 1.54) is 44.2 Å². The molecule has 6 nitrogen and oxygen atoms in total. The molecular weight excluding hydrogens is 442 g/mol. The van der Waals surface area contributed by atoms with Gasteiger partial charge in [0.2, 0.25) is 5.91 Å². The maximum Gasteiger partial charge on any atom is 0.261 e. The van der Waals surface area contributed by atoms with Gasteiger partial charge in [-0.2, -0.15) is 0 Å². The Balaban J connectivity index is 1.51. The number of carbonyl (C=O) groups is 1. The Morgan fingerprint density at radius 2 is 1.72 bits per heavy atom. The lowest BCUT2D eigenvalue weighted by Gasteiger charge is -2.21. The molecule has 0 saturated heterocycles. The highest BCUT2D eigenvalue weighted by Gasteiger charge is 2.17. The summed E-state index contributed by atoms with van der Waals surface area (Å²) >= 11 is 5.23. The molecule has 0 atom stereocenters. The summed E-state index contributed by atoms with van der Waals surface area (Å²) in [5.41, 5.74) is 3.08. The normalized spacial score (nSPS) is 14.6. The van der Waals surface area contributed by atoms with Crippen molar-refractivity contribution in [3.05, 3.63) is 53.6 Å². The van der Waals surface area contributed by atoms with Gasteiger partial charge >= 0.3 is 0 Å². The summed E-state index contributed by atoms with van der Waals surface area (Å²) < 4.78 is 28.0. The predicted molar refractivity (Wildman–Crippen MR) is 133 cm³/mol. The summed E-state index contributed by atoms with van der Waals surface area (Å²) in [5.74, 6) is 0.549. The van der Waals surface area contributed by atoms with Crippen molar-refractivity contribution >= 4 is 44.6 Å². The first-order valence-electron chi connectivity index (χ1n) is 11.0. The third-order valence-corrected chi connectivity index (χ3v) is 7.39. The molecule has 0 unspecified atom stereocenters. The average Bonchev–Trinajstić information content (AvgIpc) is 2.75. The fraction of sp³-hybridized carbons (Fsp3) is 0.417. The third kappa shape index (κ3) is 7.03. The highest BCUT2D eigenvalue weighted by molar-refractivity contribution is 7.92. The van der Waals surface area contributed by atoms with E-state index in [4.69, 9.17) is 12.2 Å². The number of aryl methyl sites for hydroxylation is 2. The Morgan fingerprint density at radius 3 is 2.38 bits per heavy atom. The number of anilines is 2. The molecule has 1 fully saturated rings. The van der Waals surface area contributed by atoms with Crippen LogP contribution in [0.4, 0.5) is 11.4 Å². The van der Waals surface area contributed by atoms with Gasteiger partial charge in [-0.15, -0.1) is 0 Å². The van der Waals surface area contributed by atoms with Crippen LogP contribution in [0.25, 0.3) is 0 Å². The number of sulfonamides is 1. The zero-order valence-corrected chi connectivity index (χ0v) is 20.2. The second kappa shape index (κ2) is 10.9. The smallest absolute Gasteiger partial charge is 0.261 e. The van der Waals surface area contributed by atoms with Gasteiger partial charge in [-0.1, -0.05) is 49.8 Å². The van der Waals surface area contributed by atoms with Crippen molar-refractivity contribution in [3.63, 3.8) is 0 Å². The molecular formula is C24H31N3O3S2. The number of nitrogens with one attached hydrogen (secondary N) is 3. The van der Waals surface area contributed by atoms with Gasteiger partial charge in [-0.25, -0.2) is 8.42 Å². The largest absolute Gasteiger partial charge is 0.332 e. The van der Waals surface area contributed by atoms with Crippen LogP contribution in [0.1, 0.15) is 56.1 Å². The molecule has 8 heteroatoms. The predicted octanol–water partition coefficient (Wildman–Crippen LogP) is 5.28. The van der Waals surface area contributed by atoms with E-state index in [9.17, 15) is 13.2 Å². The van der Waals surface area contributed by atoms with Crippen molar-refractivity contribution in [3.8, 4) is 0 Å². The van der Waals surface area contributed by atoms with Crippen molar-refractivity contribution in [2.24, 2.45) is 5.92 Å². The molecule has 3 N–H and O–H groups in total. The average molecular weight is 474 g/mol. The zero-order valence-electron chi connectivity index (χ0n) is 18.6. The SMILES string of the molecule is Cc1ccc(NS(=O)(=O)c2ccc(NC(=S)NC(=O)CCC3CCCCC3)cc2)c(C)c1. The van der Waals surface area contributed by atoms with Crippen LogP contribution in [0.15, 0.2) is 47.4 Å². The van der Waals surface area contributed by atoms with E-state index in [1.54, 1.807) is 18.2 Å². The minimum Gasteiger partial charge on any atom is -0.332 e. The van der Waals surface area contributed by atoms with Gasteiger partial charge < -0.3 is 10.6 Å². The molecule has 1 amide bonds. The molecule has 0 heterocycles. The number of carbonyl (C=O) groups excluding carboxylic acids is 1. The number of rotatable bonds is 7. The summed E-state index contributed by atoms with van der Waals surface area (Å²) in [7, 11) is -3.71. The molecule has 32 heavy (non-hydrogen) atoms. The summed E-state index contributed by atoms with van der Waals surface area (Å²) in [6.45, 7) is 3.82. The Morgan fingerprint density at radius 1 is 1.03 bits per heavy atom. The van der Waals surface area contributed by atoms with E-state index in [0.717, 1.165) is 17.5 Å². The highest BCUT2D eigenvalue weighted by atomic mass is 32.2. The monoisotopic (exact) mass is 473 g/mol. The van der Waals surface area contributed by atoms with Gasteiger partial charge in [-0.3, -0.25) is 9.52 Å². The fourth-order valence-corrected chi connectivity index (χ4v) is 5.37. The number of thiocarbonyl (C=S) groups is 1. The molecule has 2 aromatic rings. The molecule has 0 aliphatic heterocycles. The lowest BCUT2D eigenvalue weighted by molar-refractivity contribution is -0.120. The van der Waals surface area contributed by atoms with Crippen LogP contribution in [-0.4, -0.2) is 19.4 Å². The summed E-state index contributed by atoms with van der Waals surface area (Å²) in [6, 6.07) is 11.8. The van der Waals surface area contributed by atoms with E-state index in [0.29, 0.717) is 23.7 Å². The van der Waals surface area contributed by atoms with Gasteiger partial charge in [0.1, 0.15) is 0 Å². The number of amides is 1. The molecule has 3 rings (SSSR count). The quantitative estimate of drug-likeness (QED) is 0.477. The highest BCUT2D eigenvalue weighted by Crippen LogP contribution is 2.27. The molecule has 2 aromatic carbocycles. The number of benzene rings is 2. The van der Waals surface area contributed by atoms with Crippen molar-refractivity contribution < 1.29 is 13.2 Å². The van der Waals surface area contributed by atoms with Gasteiger partial charge in [0.25, 0.3) is 10.0 Å². The van der Waals surface area contributed by atoms with Crippen molar-refractivity contribution in [1.29, 1.82) is 0 Å². The van der Waals surface area contributed by atoms with Crippen LogP contribution in [-0.2, 0) is 14.8 Å². The van der Waals surface area contributed by atoms with Gasteiger partial charge in [0.05, 0.1) is 10.6 Å². The van der Waals surface area contributed by atoms with Crippen LogP contribution in [0, 0.1) is 19.8 Å². The first-order valence-corrected chi connectivity index (χ1v) is 12.9. The summed E-state index contributed by atoms with van der Waals surface area (Å²) in [4.78, 5) is 12.3. The fourth-order valence-electron chi connectivity index (χ4n) is 4.01. The molecule has 1 aliphatic carbocycles. The Bertz CT molecular complexity index is 1060. The van der Waals surface area contributed by atoms with Gasteiger partial charge in [0.15, 0.2) is 5.11 Å². The van der Waals surface area contributed by atoms with Crippen LogP contribution in [0.3, 0.4) is 0 Å². The van der Waals surface area contributed by atoms with E-state index in [2.05, 4.69) is 15.4 Å². The van der Waals surface area contributed by atoms with Crippen LogP contribution in [0.5, 0.6) is 0 Å². The summed E-state index contributed by atoms with van der Waals surface area (Å²) in [5, 5.41) is 5.86. The lowest BCUT2D eigenvalue weighted by Crippen LogP contribution is -2.34. The molecule has 1 aliphatic rings. The molecule has 0 aromatic heterocycles. The summed E-state index contributed by atoms with van der Waals surface area (Å²) in [6.07, 6.45) is 7.62. The second-order valence-corrected chi connectivity index (χ2v) is 10.6. The van der Waals surface area contributed by atoms with Gasteiger partial charge in [-0.05, 0) is 74.3 Å². The van der Waals surface area contributed by atoms with Crippen LogP contribution < -0.4 is 15.4 Å². The van der Waals surface area contributed by atoms with E-state index < -0.39 is 10.0 Å². The second-order valence-electron chi connectivity index (χ2n) is 8.49. The van der Waals surface area contributed by atoms with E-state index >= 15 is 0 Å². The van der Waals surface area contributed by atoms with E-state index in [-0.39, 0.29) is 15.9 Å². The molecule has 0 bridgehead atoms.